The standard InChI is InChI=1S/C19H14ClN3O3/c1-2-26-16-9-11(8-14(20)17(16)24)7-12(10-21)18-22-15-6-4-3-5-13(15)19(25)23-18/h3-9,24H,2H2,1H3,(H,22,23,25)/b12-7-. The molecule has 0 fully saturated rings. The minimum absolute atomic E-state index is 0.0967. The molecule has 0 aliphatic heterocycles. The van der Waals surface area contributed by atoms with Gasteiger partial charge in [0, 0.05) is 0 Å². The fourth-order valence-corrected chi connectivity index (χ4v) is 2.70. The predicted octanol–water partition coefficient (Wildman–Crippen LogP) is 3.74. The van der Waals surface area contributed by atoms with Crippen molar-refractivity contribution in [3.63, 3.8) is 0 Å². The molecule has 2 N–H and O–H groups in total. The van der Waals surface area contributed by atoms with Crippen LogP contribution in [0.2, 0.25) is 5.02 Å². The molecular formula is C19H14ClN3O3. The molecule has 1 aromatic heterocycles. The summed E-state index contributed by atoms with van der Waals surface area (Å²) in [5.41, 5.74) is 0.845. The molecule has 1 heterocycles. The molecule has 3 rings (SSSR count). The molecule has 0 radical (unpaired) electrons. The van der Waals surface area contributed by atoms with Crippen molar-refractivity contribution < 1.29 is 9.84 Å². The number of para-hydroxylation sites is 1. The van der Waals surface area contributed by atoms with Gasteiger partial charge in [0.25, 0.3) is 5.56 Å². The Labute approximate surface area is 154 Å². The number of phenolic OH excluding ortho intramolecular Hbond substituents is 1. The largest absolute Gasteiger partial charge is 0.503 e. The second-order valence-corrected chi connectivity index (χ2v) is 5.79. The molecule has 6 nitrogen and oxygen atoms in total. The van der Waals surface area contributed by atoms with Crippen LogP contribution in [-0.2, 0) is 0 Å². The molecule has 26 heavy (non-hydrogen) atoms. The second kappa shape index (κ2) is 7.30. The fraction of sp³-hybridized carbons (Fsp3) is 0.105. The summed E-state index contributed by atoms with van der Waals surface area (Å²) in [5.74, 6) is 0.197. The van der Waals surface area contributed by atoms with E-state index in [1.807, 2.05) is 6.07 Å². The van der Waals surface area contributed by atoms with Crippen molar-refractivity contribution in [2.75, 3.05) is 6.61 Å². The van der Waals surface area contributed by atoms with E-state index in [4.69, 9.17) is 16.3 Å². The number of hydrogen-bond donors (Lipinski definition) is 2. The van der Waals surface area contributed by atoms with E-state index in [0.29, 0.717) is 23.1 Å². The van der Waals surface area contributed by atoms with Crippen molar-refractivity contribution in [3.05, 3.63) is 63.2 Å². The SMILES string of the molecule is CCOc1cc(/C=C(/C#N)c2nc3ccccc3c(=O)[nH]2)cc(Cl)c1O. The van der Waals surface area contributed by atoms with Gasteiger partial charge in [0.2, 0.25) is 0 Å². The van der Waals surface area contributed by atoms with Gasteiger partial charge in [-0.1, -0.05) is 23.7 Å². The Hall–Kier alpha value is -3.30. The van der Waals surface area contributed by atoms with Crippen LogP contribution in [0.15, 0.2) is 41.2 Å². The van der Waals surface area contributed by atoms with E-state index in [0.717, 1.165) is 0 Å². The fourth-order valence-electron chi connectivity index (χ4n) is 2.48. The summed E-state index contributed by atoms with van der Waals surface area (Å²) in [5, 5.41) is 20.0. The number of nitrogens with one attached hydrogen (secondary N) is 1. The Kier molecular flexibility index (Phi) is 4.92. The molecule has 2 aromatic carbocycles. The Morgan fingerprint density at radius 1 is 1.42 bits per heavy atom. The Morgan fingerprint density at radius 3 is 2.92 bits per heavy atom. The van der Waals surface area contributed by atoms with Gasteiger partial charge in [-0.15, -0.1) is 0 Å². The molecule has 0 bridgehead atoms. The Bertz CT molecular complexity index is 1110. The van der Waals surface area contributed by atoms with Gasteiger partial charge in [-0.05, 0) is 42.8 Å². The molecule has 0 aliphatic carbocycles. The molecule has 0 atom stereocenters. The van der Waals surface area contributed by atoms with E-state index in [1.165, 1.54) is 12.1 Å². The zero-order valence-corrected chi connectivity index (χ0v) is 14.5. The summed E-state index contributed by atoms with van der Waals surface area (Å²) in [4.78, 5) is 19.2. The van der Waals surface area contributed by atoms with Crippen LogP contribution in [0.3, 0.4) is 0 Å². The molecule has 0 unspecified atom stereocenters. The van der Waals surface area contributed by atoms with Gasteiger partial charge in [-0.3, -0.25) is 4.79 Å². The summed E-state index contributed by atoms with van der Waals surface area (Å²) < 4.78 is 5.34. The summed E-state index contributed by atoms with van der Waals surface area (Å²) >= 11 is 6.02. The monoisotopic (exact) mass is 367 g/mol. The highest BCUT2D eigenvalue weighted by Gasteiger charge is 2.12. The third-order valence-electron chi connectivity index (χ3n) is 3.65. The molecule has 0 saturated heterocycles. The van der Waals surface area contributed by atoms with E-state index in [2.05, 4.69) is 9.97 Å². The van der Waals surface area contributed by atoms with Gasteiger partial charge < -0.3 is 14.8 Å². The average molecular weight is 368 g/mol. The summed E-state index contributed by atoms with van der Waals surface area (Å²) in [7, 11) is 0. The zero-order valence-electron chi connectivity index (χ0n) is 13.8. The number of aromatic nitrogens is 2. The van der Waals surface area contributed by atoms with Crippen molar-refractivity contribution in [3.8, 4) is 17.6 Å². The van der Waals surface area contributed by atoms with Crippen LogP contribution < -0.4 is 10.3 Å². The molecular weight excluding hydrogens is 354 g/mol. The quantitative estimate of drug-likeness (QED) is 0.684. The van der Waals surface area contributed by atoms with Crippen LogP contribution in [0, 0.1) is 11.3 Å². The van der Waals surface area contributed by atoms with Crippen LogP contribution in [0.4, 0.5) is 0 Å². The van der Waals surface area contributed by atoms with Gasteiger partial charge >= 0.3 is 0 Å². The summed E-state index contributed by atoms with van der Waals surface area (Å²) in [6.45, 7) is 2.13. The van der Waals surface area contributed by atoms with Crippen molar-refractivity contribution in [1.82, 2.24) is 9.97 Å². The lowest BCUT2D eigenvalue weighted by Gasteiger charge is -2.09. The maximum absolute atomic E-state index is 12.2. The van der Waals surface area contributed by atoms with Crippen molar-refractivity contribution in [1.29, 1.82) is 5.26 Å². The van der Waals surface area contributed by atoms with Gasteiger partial charge in [-0.2, -0.15) is 5.26 Å². The minimum Gasteiger partial charge on any atom is -0.503 e. The molecule has 3 aromatic rings. The van der Waals surface area contributed by atoms with Crippen molar-refractivity contribution in [2.24, 2.45) is 0 Å². The number of halogens is 1. The lowest BCUT2D eigenvalue weighted by Crippen LogP contribution is -2.11. The predicted molar refractivity (Wildman–Crippen MR) is 100 cm³/mol. The zero-order chi connectivity index (χ0) is 18.7. The third-order valence-corrected chi connectivity index (χ3v) is 3.94. The number of allylic oxidation sites excluding steroid dienone is 1. The second-order valence-electron chi connectivity index (χ2n) is 5.38. The van der Waals surface area contributed by atoms with E-state index < -0.39 is 0 Å². The van der Waals surface area contributed by atoms with Gasteiger partial charge in [0.1, 0.15) is 6.07 Å². The normalized spacial score (nSPS) is 11.3. The molecule has 7 heteroatoms. The Morgan fingerprint density at radius 2 is 2.19 bits per heavy atom. The molecule has 0 aliphatic rings. The first-order valence-electron chi connectivity index (χ1n) is 7.80. The van der Waals surface area contributed by atoms with Gasteiger partial charge in [0.05, 0.1) is 28.1 Å². The van der Waals surface area contributed by atoms with Gasteiger partial charge in [-0.25, -0.2) is 4.98 Å². The van der Waals surface area contributed by atoms with E-state index >= 15 is 0 Å². The number of phenols is 1. The number of ether oxygens (including phenoxy) is 1. The van der Waals surface area contributed by atoms with Crippen LogP contribution in [0.1, 0.15) is 18.3 Å². The number of rotatable bonds is 4. The molecule has 130 valence electrons. The first kappa shape index (κ1) is 17.5. The lowest BCUT2D eigenvalue weighted by atomic mass is 10.1. The number of fused-ring (bicyclic) bond motifs is 1. The number of H-pyrrole nitrogens is 1. The van der Waals surface area contributed by atoms with Crippen molar-refractivity contribution >= 4 is 34.2 Å². The number of aromatic amines is 1. The van der Waals surface area contributed by atoms with E-state index in [-0.39, 0.29) is 33.5 Å². The molecule has 0 spiro atoms. The lowest BCUT2D eigenvalue weighted by molar-refractivity contribution is 0.318. The number of hydrogen-bond acceptors (Lipinski definition) is 5. The number of nitrogens with zero attached hydrogens (tertiary/aromatic N) is 2. The van der Waals surface area contributed by atoms with E-state index in [9.17, 15) is 15.2 Å². The minimum atomic E-state index is -0.328. The van der Waals surface area contributed by atoms with Crippen LogP contribution >= 0.6 is 11.6 Å². The first-order valence-corrected chi connectivity index (χ1v) is 8.17. The average Bonchev–Trinajstić information content (AvgIpc) is 2.64. The summed E-state index contributed by atoms with van der Waals surface area (Å²) in [6, 6.07) is 12.0. The van der Waals surface area contributed by atoms with Crippen LogP contribution in [0.25, 0.3) is 22.6 Å². The smallest absolute Gasteiger partial charge is 0.259 e. The number of benzene rings is 2. The van der Waals surface area contributed by atoms with Crippen molar-refractivity contribution in [2.45, 2.75) is 6.92 Å². The molecule has 0 amide bonds. The maximum atomic E-state index is 12.2. The van der Waals surface area contributed by atoms with Crippen LogP contribution in [0.5, 0.6) is 11.5 Å². The highest BCUT2D eigenvalue weighted by Crippen LogP contribution is 2.36. The Balaban J connectivity index is 2.13. The maximum Gasteiger partial charge on any atom is 0.259 e. The van der Waals surface area contributed by atoms with Gasteiger partial charge in [0.15, 0.2) is 17.3 Å². The highest BCUT2D eigenvalue weighted by molar-refractivity contribution is 6.32. The number of aromatic hydroxyl groups is 1. The first-order chi connectivity index (χ1) is 12.5. The number of nitriles is 1. The highest BCUT2D eigenvalue weighted by atomic mass is 35.5. The topological polar surface area (TPSA) is 99.0 Å². The summed E-state index contributed by atoms with van der Waals surface area (Å²) in [6.07, 6.45) is 1.51. The molecule has 0 saturated carbocycles. The van der Waals surface area contributed by atoms with Crippen LogP contribution in [-0.4, -0.2) is 21.7 Å². The third kappa shape index (κ3) is 3.39. The van der Waals surface area contributed by atoms with E-state index in [1.54, 1.807) is 37.3 Å².